The quantitative estimate of drug-likeness (QED) is 0.317. The van der Waals surface area contributed by atoms with Crippen LogP contribution in [0.25, 0.3) is 0 Å². The normalized spacial score (nSPS) is 17.8. The molecule has 2 aliphatic heterocycles. The lowest BCUT2D eigenvalue weighted by molar-refractivity contribution is 0.00470. The fourth-order valence-corrected chi connectivity index (χ4v) is 6.37. The Morgan fingerprint density at radius 1 is 0.884 bits per heavy atom. The van der Waals surface area contributed by atoms with Crippen molar-refractivity contribution in [3.63, 3.8) is 0 Å². The maximum absolute atomic E-state index is 15.6. The highest BCUT2D eigenvalue weighted by Gasteiger charge is 2.51. The van der Waals surface area contributed by atoms with Crippen LogP contribution in [-0.4, -0.2) is 67.1 Å². The number of ether oxygens (including phenoxy) is 3. The monoisotopic (exact) mass is 592 g/mol. The first-order valence-corrected chi connectivity index (χ1v) is 14.6. The van der Waals surface area contributed by atoms with Gasteiger partial charge < -0.3 is 24.0 Å². The third-order valence-corrected chi connectivity index (χ3v) is 8.98. The molecule has 228 valence electrons. The second-order valence-electron chi connectivity index (χ2n) is 11.5. The molecule has 2 amide bonds. The zero-order valence-electron chi connectivity index (χ0n) is 25.1. The molecule has 0 aromatic heterocycles. The van der Waals surface area contributed by atoms with Crippen molar-refractivity contribution in [2.45, 2.75) is 57.7 Å². The Kier molecular flexibility index (Phi) is 9.01. The minimum atomic E-state index is -1.07. The molecule has 1 spiro atoms. The first kappa shape index (κ1) is 30.5. The third-order valence-electron chi connectivity index (χ3n) is 8.98. The molecule has 0 N–H and O–H groups in total. The van der Waals surface area contributed by atoms with E-state index in [0.717, 1.165) is 29.9 Å². The van der Waals surface area contributed by atoms with Gasteiger partial charge in [-0.05, 0) is 74.4 Å². The van der Waals surface area contributed by atoms with Gasteiger partial charge >= 0.3 is 0 Å². The van der Waals surface area contributed by atoms with Crippen molar-refractivity contribution < 1.29 is 32.6 Å². The summed E-state index contributed by atoms with van der Waals surface area (Å²) in [6.07, 6.45) is 2.40. The highest BCUT2D eigenvalue weighted by atomic mass is 19.1. The van der Waals surface area contributed by atoms with Crippen LogP contribution in [0.3, 0.4) is 0 Å². The number of likely N-dealkylation sites (tertiary alicyclic amines) is 2. The van der Waals surface area contributed by atoms with Gasteiger partial charge in [-0.25, -0.2) is 4.39 Å². The molecular weight excluding hydrogens is 554 g/mol. The van der Waals surface area contributed by atoms with E-state index in [1.54, 1.807) is 4.90 Å². The van der Waals surface area contributed by atoms with Crippen LogP contribution in [0.1, 0.15) is 63.1 Å². The Morgan fingerprint density at radius 3 is 2.26 bits per heavy atom. The van der Waals surface area contributed by atoms with Crippen molar-refractivity contribution in [1.82, 2.24) is 9.80 Å². The SMILES string of the molecule is COc1cc(C(=O)N2C(COCc3ccccc3)CCC23CCN(C(=O)c2ccc(C)c(C)c2)CC3)c(F)c(OC)c1F. The largest absolute Gasteiger partial charge is 0.494 e. The smallest absolute Gasteiger partial charge is 0.257 e. The van der Waals surface area contributed by atoms with E-state index in [4.69, 9.17) is 14.2 Å². The summed E-state index contributed by atoms with van der Waals surface area (Å²) in [7, 11) is 2.40. The first-order valence-electron chi connectivity index (χ1n) is 14.6. The molecule has 3 aromatic rings. The Bertz CT molecular complexity index is 1490. The van der Waals surface area contributed by atoms with Crippen LogP contribution >= 0.6 is 0 Å². The second kappa shape index (κ2) is 12.7. The average molecular weight is 593 g/mol. The summed E-state index contributed by atoms with van der Waals surface area (Å²) in [5.41, 5.74) is 2.88. The van der Waals surface area contributed by atoms with Gasteiger partial charge in [0, 0.05) is 24.2 Å². The van der Waals surface area contributed by atoms with Gasteiger partial charge in [0.2, 0.25) is 5.82 Å². The predicted molar refractivity (Wildman–Crippen MR) is 159 cm³/mol. The minimum Gasteiger partial charge on any atom is -0.494 e. The van der Waals surface area contributed by atoms with Crippen molar-refractivity contribution in [3.8, 4) is 11.5 Å². The van der Waals surface area contributed by atoms with Crippen LogP contribution in [-0.2, 0) is 11.3 Å². The topological polar surface area (TPSA) is 68.3 Å². The number of hydrogen-bond donors (Lipinski definition) is 0. The van der Waals surface area contributed by atoms with E-state index in [2.05, 4.69) is 0 Å². The molecule has 3 aromatic carbocycles. The maximum atomic E-state index is 15.6. The van der Waals surface area contributed by atoms with Gasteiger partial charge in [-0.3, -0.25) is 9.59 Å². The second-order valence-corrected chi connectivity index (χ2v) is 11.5. The molecule has 1 atom stereocenters. The number of piperidine rings is 1. The van der Waals surface area contributed by atoms with Crippen LogP contribution in [0.4, 0.5) is 8.78 Å². The first-order chi connectivity index (χ1) is 20.7. The number of methoxy groups -OCH3 is 2. The number of nitrogens with zero attached hydrogens (tertiary/aromatic N) is 2. The summed E-state index contributed by atoms with van der Waals surface area (Å²) in [5, 5.41) is 0. The molecule has 2 fully saturated rings. The van der Waals surface area contributed by atoms with Crippen molar-refractivity contribution in [2.24, 2.45) is 0 Å². The number of hydrogen-bond acceptors (Lipinski definition) is 5. The van der Waals surface area contributed by atoms with Gasteiger partial charge in [0.25, 0.3) is 11.8 Å². The summed E-state index contributed by atoms with van der Waals surface area (Å²) < 4.78 is 46.5. The van der Waals surface area contributed by atoms with Crippen LogP contribution in [0.2, 0.25) is 0 Å². The van der Waals surface area contributed by atoms with Crippen molar-refractivity contribution in [2.75, 3.05) is 33.9 Å². The predicted octanol–water partition coefficient (Wildman–Crippen LogP) is 6.10. The molecule has 2 aliphatic rings. The summed E-state index contributed by atoms with van der Waals surface area (Å²) >= 11 is 0. The van der Waals surface area contributed by atoms with Crippen molar-refractivity contribution >= 4 is 11.8 Å². The van der Waals surface area contributed by atoms with E-state index in [9.17, 15) is 14.0 Å². The Morgan fingerprint density at radius 2 is 1.60 bits per heavy atom. The number of rotatable bonds is 8. The fourth-order valence-electron chi connectivity index (χ4n) is 6.37. The van der Waals surface area contributed by atoms with Gasteiger partial charge in [-0.2, -0.15) is 4.39 Å². The summed E-state index contributed by atoms with van der Waals surface area (Å²) in [6, 6.07) is 16.2. The molecule has 9 heteroatoms. The molecule has 0 saturated carbocycles. The number of aryl methyl sites for hydroxylation is 2. The number of carbonyl (C=O) groups is 2. The Balaban J connectivity index is 1.41. The molecule has 5 rings (SSSR count). The average Bonchev–Trinajstić information content (AvgIpc) is 3.36. The minimum absolute atomic E-state index is 0.0457. The Labute approximate surface area is 251 Å². The molecule has 1 unspecified atom stereocenters. The van der Waals surface area contributed by atoms with Crippen LogP contribution in [0.5, 0.6) is 11.5 Å². The lowest BCUT2D eigenvalue weighted by atomic mass is 9.84. The van der Waals surface area contributed by atoms with E-state index >= 15 is 4.39 Å². The Hall–Kier alpha value is -3.98. The zero-order chi connectivity index (χ0) is 30.7. The number of carbonyl (C=O) groups excluding carboxylic acids is 2. The molecule has 43 heavy (non-hydrogen) atoms. The van der Waals surface area contributed by atoms with Gasteiger partial charge in [0.1, 0.15) is 0 Å². The highest BCUT2D eigenvalue weighted by molar-refractivity contribution is 5.97. The van der Waals surface area contributed by atoms with Crippen LogP contribution in [0.15, 0.2) is 54.6 Å². The number of amides is 2. The zero-order valence-corrected chi connectivity index (χ0v) is 25.1. The third kappa shape index (κ3) is 5.95. The standard InChI is InChI=1S/C34H38F2N2O5/c1-22-10-11-25(18-23(22)2)32(39)37-16-14-34(15-17-37)13-12-26(21-43-20-24-8-6-5-7-9-24)38(34)33(40)27-19-28(41-3)30(36)31(42-4)29(27)35/h5-11,18-19,26H,12-17,20-21H2,1-4H3. The highest BCUT2D eigenvalue weighted by Crippen LogP contribution is 2.44. The summed E-state index contributed by atoms with van der Waals surface area (Å²) in [6.45, 7) is 5.52. The lowest BCUT2D eigenvalue weighted by Gasteiger charge is -2.46. The molecule has 2 heterocycles. The van der Waals surface area contributed by atoms with Gasteiger partial charge in [-0.15, -0.1) is 0 Å². The fraction of sp³-hybridized carbons (Fsp3) is 0.412. The molecule has 0 bridgehead atoms. The van der Waals surface area contributed by atoms with Crippen molar-refractivity contribution in [3.05, 3.63) is 94.0 Å². The number of halogens is 2. The van der Waals surface area contributed by atoms with Crippen LogP contribution < -0.4 is 9.47 Å². The lowest BCUT2D eigenvalue weighted by Crippen LogP contribution is -2.57. The van der Waals surface area contributed by atoms with E-state index < -0.39 is 28.8 Å². The molecule has 2 saturated heterocycles. The molecular formula is C34H38F2N2O5. The van der Waals surface area contributed by atoms with Crippen LogP contribution in [0, 0.1) is 25.5 Å². The van der Waals surface area contributed by atoms with E-state index in [0.29, 0.717) is 50.9 Å². The molecule has 0 radical (unpaired) electrons. The van der Waals surface area contributed by atoms with Gasteiger partial charge in [0.05, 0.1) is 39.0 Å². The molecule has 7 nitrogen and oxygen atoms in total. The van der Waals surface area contributed by atoms with E-state index in [1.807, 2.05) is 67.3 Å². The molecule has 0 aliphatic carbocycles. The van der Waals surface area contributed by atoms with Crippen molar-refractivity contribution in [1.29, 1.82) is 0 Å². The van der Waals surface area contributed by atoms with E-state index in [-0.39, 0.29) is 29.9 Å². The van der Waals surface area contributed by atoms with Gasteiger partial charge in [0.15, 0.2) is 17.3 Å². The van der Waals surface area contributed by atoms with E-state index in [1.165, 1.54) is 7.11 Å². The van der Waals surface area contributed by atoms with Gasteiger partial charge in [-0.1, -0.05) is 36.4 Å². The summed E-state index contributed by atoms with van der Waals surface area (Å²) in [4.78, 5) is 31.2. The summed E-state index contributed by atoms with van der Waals surface area (Å²) in [5.74, 6) is -3.64. The number of benzene rings is 3. The maximum Gasteiger partial charge on any atom is 0.257 e.